The summed E-state index contributed by atoms with van der Waals surface area (Å²) >= 11 is 11.7. The van der Waals surface area contributed by atoms with Gasteiger partial charge in [0.1, 0.15) is 0 Å². The third-order valence-corrected chi connectivity index (χ3v) is 3.71. The summed E-state index contributed by atoms with van der Waals surface area (Å²) in [6.45, 7) is 2.03. The molecule has 0 aliphatic rings. The topological polar surface area (TPSA) is 55.1 Å². The van der Waals surface area contributed by atoms with E-state index in [9.17, 15) is 4.79 Å². The number of aryl methyl sites for hydroxylation is 1. The number of amides is 1. The molecule has 0 saturated heterocycles. The first-order valence-electron chi connectivity index (χ1n) is 6.16. The summed E-state index contributed by atoms with van der Waals surface area (Å²) in [6.07, 6.45) is 0.854. The van der Waals surface area contributed by atoms with E-state index < -0.39 is 0 Å². The summed E-state index contributed by atoms with van der Waals surface area (Å²) in [5.74, 6) is -0.257. The van der Waals surface area contributed by atoms with Crippen molar-refractivity contribution in [1.29, 1.82) is 0 Å². The Morgan fingerprint density at radius 1 is 1.15 bits per heavy atom. The van der Waals surface area contributed by atoms with Crippen LogP contribution in [0.5, 0.6) is 0 Å². The molecule has 0 heterocycles. The summed E-state index contributed by atoms with van der Waals surface area (Å²) < 4.78 is 0. The van der Waals surface area contributed by atoms with Crippen molar-refractivity contribution in [2.75, 3.05) is 11.1 Å². The van der Waals surface area contributed by atoms with E-state index in [1.54, 1.807) is 18.2 Å². The fraction of sp³-hybridized carbons (Fsp3) is 0.133. The number of nitrogens with one attached hydrogen (secondary N) is 1. The highest BCUT2D eigenvalue weighted by atomic mass is 35.5. The van der Waals surface area contributed by atoms with Crippen molar-refractivity contribution in [2.24, 2.45) is 0 Å². The zero-order chi connectivity index (χ0) is 14.7. The summed E-state index contributed by atoms with van der Waals surface area (Å²) in [5.41, 5.74) is 8.71. The van der Waals surface area contributed by atoms with Crippen LogP contribution in [0, 0.1) is 0 Å². The van der Waals surface area contributed by atoms with Gasteiger partial charge in [0.15, 0.2) is 0 Å². The van der Waals surface area contributed by atoms with Gasteiger partial charge in [-0.15, -0.1) is 0 Å². The summed E-state index contributed by atoms with van der Waals surface area (Å²) in [7, 11) is 0. The Morgan fingerprint density at radius 3 is 2.50 bits per heavy atom. The maximum absolute atomic E-state index is 12.1. The summed E-state index contributed by atoms with van der Waals surface area (Å²) in [6, 6.07) is 10.2. The molecule has 3 nitrogen and oxygen atoms in total. The minimum atomic E-state index is -0.257. The van der Waals surface area contributed by atoms with E-state index in [1.165, 1.54) is 6.07 Å². The Hall–Kier alpha value is -1.71. The summed E-state index contributed by atoms with van der Waals surface area (Å²) in [4.78, 5) is 12.1. The number of rotatable bonds is 3. The zero-order valence-electron chi connectivity index (χ0n) is 10.9. The molecule has 0 bridgehead atoms. The zero-order valence-corrected chi connectivity index (χ0v) is 12.4. The van der Waals surface area contributed by atoms with E-state index in [0.717, 1.165) is 12.0 Å². The molecule has 5 heteroatoms. The van der Waals surface area contributed by atoms with Crippen molar-refractivity contribution in [2.45, 2.75) is 13.3 Å². The molecule has 1 amide bonds. The van der Waals surface area contributed by atoms with Crippen LogP contribution in [-0.4, -0.2) is 5.91 Å². The second kappa shape index (κ2) is 6.16. The molecule has 0 atom stereocenters. The van der Waals surface area contributed by atoms with Crippen LogP contribution in [0.4, 0.5) is 11.4 Å². The van der Waals surface area contributed by atoms with Crippen molar-refractivity contribution in [3.63, 3.8) is 0 Å². The fourth-order valence-corrected chi connectivity index (χ4v) is 2.13. The van der Waals surface area contributed by atoms with Gasteiger partial charge in [0, 0.05) is 16.9 Å². The highest BCUT2D eigenvalue weighted by Crippen LogP contribution is 2.24. The molecule has 0 spiro atoms. The first kappa shape index (κ1) is 14.7. The van der Waals surface area contributed by atoms with Gasteiger partial charge in [-0.1, -0.05) is 36.2 Å². The molecule has 3 N–H and O–H groups in total. The van der Waals surface area contributed by atoms with Crippen LogP contribution in [-0.2, 0) is 6.42 Å². The van der Waals surface area contributed by atoms with Crippen LogP contribution in [0.15, 0.2) is 36.4 Å². The Morgan fingerprint density at radius 2 is 1.90 bits per heavy atom. The molecule has 0 aliphatic carbocycles. The molecule has 0 radical (unpaired) electrons. The molecule has 20 heavy (non-hydrogen) atoms. The first-order chi connectivity index (χ1) is 9.51. The van der Waals surface area contributed by atoms with Crippen molar-refractivity contribution < 1.29 is 4.79 Å². The maximum Gasteiger partial charge on any atom is 0.255 e. The number of halogens is 2. The molecule has 0 unspecified atom stereocenters. The molecule has 0 fully saturated rings. The Bertz CT molecular complexity index is 656. The molecule has 104 valence electrons. The Balaban J connectivity index is 2.19. The van der Waals surface area contributed by atoms with Crippen molar-refractivity contribution in [3.05, 3.63) is 57.6 Å². The average molecular weight is 309 g/mol. The minimum absolute atomic E-state index is 0.257. The standard InChI is InChI=1S/C15H14Cl2N2O/c1-2-9-3-5-11(8-14(9)18)19-15(20)10-4-6-12(16)13(17)7-10/h3-8H,2,18H2,1H3,(H,19,20). The van der Waals surface area contributed by atoms with E-state index in [2.05, 4.69) is 5.32 Å². The van der Waals surface area contributed by atoms with Gasteiger partial charge in [-0.05, 0) is 42.3 Å². The third-order valence-electron chi connectivity index (χ3n) is 2.97. The van der Waals surface area contributed by atoms with Crippen LogP contribution in [0.1, 0.15) is 22.8 Å². The lowest BCUT2D eigenvalue weighted by Gasteiger charge is -2.09. The average Bonchev–Trinajstić information content (AvgIpc) is 2.42. The highest BCUT2D eigenvalue weighted by Gasteiger charge is 2.09. The van der Waals surface area contributed by atoms with Crippen LogP contribution in [0.2, 0.25) is 10.0 Å². The number of nitrogen functional groups attached to an aromatic ring is 1. The predicted octanol–water partition coefficient (Wildman–Crippen LogP) is 4.39. The predicted molar refractivity (Wildman–Crippen MR) is 84.6 cm³/mol. The van der Waals surface area contributed by atoms with Crippen LogP contribution in [0.25, 0.3) is 0 Å². The minimum Gasteiger partial charge on any atom is -0.398 e. The lowest BCUT2D eigenvalue weighted by Crippen LogP contribution is -2.12. The molecule has 0 saturated carbocycles. The quantitative estimate of drug-likeness (QED) is 0.826. The van der Waals surface area contributed by atoms with Crippen molar-refractivity contribution >= 4 is 40.5 Å². The monoisotopic (exact) mass is 308 g/mol. The van der Waals surface area contributed by atoms with Crippen LogP contribution < -0.4 is 11.1 Å². The lowest BCUT2D eigenvalue weighted by molar-refractivity contribution is 0.102. The second-order valence-corrected chi connectivity index (χ2v) is 5.16. The number of carbonyl (C=O) groups excluding carboxylic acids is 1. The maximum atomic E-state index is 12.1. The number of benzene rings is 2. The lowest BCUT2D eigenvalue weighted by atomic mass is 10.1. The van der Waals surface area contributed by atoms with Crippen LogP contribution in [0.3, 0.4) is 0 Å². The van der Waals surface area contributed by atoms with E-state index in [0.29, 0.717) is 27.0 Å². The molecule has 0 aliphatic heterocycles. The molecular weight excluding hydrogens is 295 g/mol. The third kappa shape index (κ3) is 3.24. The first-order valence-corrected chi connectivity index (χ1v) is 6.91. The smallest absolute Gasteiger partial charge is 0.255 e. The number of hydrogen-bond donors (Lipinski definition) is 2. The number of nitrogens with two attached hydrogens (primary N) is 1. The van der Waals surface area contributed by atoms with E-state index in [-0.39, 0.29) is 5.91 Å². The fourth-order valence-electron chi connectivity index (χ4n) is 1.84. The molecular formula is C15H14Cl2N2O. The van der Waals surface area contributed by atoms with E-state index in [4.69, 9.17) is 28.9 Å². The van der Waals surface area contributed by atoms with Gasteiger partial charge >= 0.3 is 0 Å². The Kier molecular flexibility index (Phi) is 4.53. The molecule has 2 aromatic rings. The molecule has 2 rings (SSSR count). The molecule has 2 aromatic carbocycles. The van der Waals surface area contributed by atoms with Gasteiger partial charge in [0.25, 0.3) is 5.91 Å². The van der Waals surface area contributed by atoms with Gasteiger partial charge in [-0.25, -0.2) is 0 Å². The molecule has 0 aromatic heterocycles. The number of anilines is 2. The van der Waals surface area contributed by atoms with Crippen LogP contribution >= 0.6 is 23.2 Å². The second-order valence-electron chi connectivity index (χ2n) is 4.35. The number of carbonyl (C=O) groups is 1. The SMILES string of the molecule is CCc1ccc(NC(=O)c2ccc(Cl)c(Cl)c2)cc1N. The van der Waals surface area contributed by atoms with Crippen molar-refractivity contribution in [3.8, 4) is 0 Å². The van der Waals surface area contributed by atoms with Gasteiger partial charge < -0.3 is 11.1 Å². The van der Waals surface area contributed by atoms with E-state index in [1.807, 2.05) is 19.1 Å². The van der Waals surface area contributed by atoms with Gasteiger partial charge in [0.2, 0.25) is 0 Å². The van der Waals surface area contributed by atoms with E-state index >= 15 is 0 Å². The number of hydrogen-bond acceptors (Lipinski definition) is 2. The van der Waals surface area contributed by atoms with Crippen molar-refractivity contribution in [1.82, 2.24) is 0 Å². The summed E-state index contributed by atoms with van der Waals surface area (Å²) in [5, 5.41) is 3.54. The van der Waals surface area contributed by atoms with Gasteiger partial charge in [-0.2, -0.15) is 0 Å². The Labute approximate surface area is 127 Å². The highest BCUT2D eigenvalue weighted by molar-refractivity contribution is 6.42. The van der Waals surface area contributed by atoms with Gasteiger partial charge in [0.05, 0.1) is 10.0 Å². The largest absolute Gasteiger partial charge is 0.398 e. The van der Waals surface area contributed by atoms with Gasteiger partial charge in [-0.3, -0.25) is 4.79 Å². The normalized spacial score (nSPS) is 10.3.